The van der Waals surface area contributed by atoms with Crippen LogP contribution >= 0.6 is 11.3 Å². The molecule has 2 rings (SSSR count). The number of rotatable bonds is 4. The lowest BCUT2D eigenvalue weighted by molar-refractivity contribution is 0.239. The lowest BCUT2D eigenvalue weighted by atomic mass is 9.78. The van der Waals surface area contributed by atoms with Crippen LogP contribution in [0.1, 0.15) is 56.0 Å². The van der Waals surface area contributed by atoms with Gasteiger partial charge in [-0.1, -0.05) is 26.7 Å². The fourth-order valence-electron chi connectivity index (χ4n) is 3.11. The molecular formula is C15H25NS. The van der Waals surface area contributed by atoms with Gasteiger partial charge in [0.05, 0.1) is 0 Å². The first-order chi connectivity index (χ1) is 8.26. The molecule has 1 nitrogen and oxygen atoms in total. The minimum absolute atomic E-state index is 0.595. The third-order valence-electron chi connectivity index (χ3n) is 4.29. The predicted molar refractivity (Wildman–Crippen MR) is 76.6 cm³/mol. The molecule has 1 heterocycles. The molecule has 0 amide bonds. The van der Waals surface area contributed by atoms with E-state index in [0.29, 0.717) is 6.04 Å². The van der Waals surface area contributed by atoms with E-state index in [-0.39, 0.29) is 0 Å². The number of thiophene rings is 1. The monoisotopic (exact) mass is 251 g/mol. The van der Waals surface area contributed by atoms with Gasteiger partial charge in [-0.3, -0.25) is 0 Å². The van der Waals surface area contributed by atoms with Gasteiger partial charge in [-0.2, -0.15) is 0 Å². The molecule has 2 heteroatoms. The SMILES string of the molecule is CCc1ccsc1C(NC)C1CCC(C)CC1. The highest BCUT2D eigenvalue weighted by atomic mass is 32.1. The molecule has 1 aliphatic rings. The van der Waals surface area contributed by atoms with Crippen molar-refractivity contribution in [1.82, 2.24) is 5.32 Å². The summed E-state index contributed by atoms with van der Waals surface area (Å²) in [6.07, 6.45) is 6.78. The molecule has 1 aromatic rings. The second-order valence-electron chi connectivity index (χ2n) is 5.45. The van der Waals surface area contributed by atoms with Crippen LogP contribution in [0.15, 0.2) is 11.4 Å². The van der Waals surface area contributed by atoms with Crippen LogP contribution in [0.3, 0.4) is 0 Å². The van der Waals surface area contributed by atoms with Gasteiger partial charge >= 0.3 is 0 Å². The molecule has 1 aromatic heterocycles. The van der Waals surface area contributed by atoms with Gasteiger partial charge in [0.2, 0.25) is 0 Å². The van der Waals surface area contributed by atoms with E-state index in [9.17, 15) is 0 Å². The van der Waals surface area contributed by atoms with Crippen molar-refractivity contribution < 1.29 is 0 Å². The maximum atomic E-state index is 3.57. The van der Waals surface area contributed by atoms with Crippen molar-refractivity contribution in [3.8, 4) is 0 Å². The Kier molecular flexibility index (Phi) is 4.63. The fraction of sp³-hybridized carbons (Fsp3) is 0.733. The van der Waals surface area contributed by atoms with Crippen molar-refractivity contribution in [1.29, 1.82) is 0 Å². The largest absolute Gasteiger partial charge is 0.312 e. The highest BCUT2D eigenvalue weighted by Gasteiger charge is 2.27. The molecule has 0 spiro atoms. The van der Waals surface area contributed by atoms with Crippen LogP contribution in [-0.2, 0) is 6.42 Å². The van der Waals surface area contributed by atoms with Crippen molar-refractivity contribution in [2.45, 2.75) is 52.0 Å². The molecule has 0 aliphatic heterocycles. The van der Waals surface area contributed by atoms with Crippen molar-refractivity contribution in [2.75, 3.05) is 7.05 Å². The fourth-order valence-corrected chi connectivity index (χ4v) is 4.31. The number of nitrogens with one attached hydrogen (secondary N) is 1. The van der Waals surface area contributed by atoms with Crippen LogP contribution in [0.2, 0.25) is 0 Å². The summed E-state index contributed by atoms with van der Waals surface area (Å²) in [5.74, 6) is 1.79. The normalized spacial score (nSPS) is 27.0. The Bertz CT molecular complexity index is 336. The van der Waals surface area contributed by atoms with E-state index in [1.807, 2.05) is 11.3 Å². The van der Waals surface area contributed by atoms with Gasteiger partial charge in [0.15, 0.2) is 0 Å². The number of hydrogen-bond acceptors (Lipinski definition) is 2. The van der Waals surface area contributed by atoms with Gasteiger partial charge in [-0.05, 0) is 55.2 Å². The summed E-state index contributed by atoms with van der Waals surface area (Å²) in [4.78, 5) is 1.59. The minimum atomic E-state index is 0.595. The lowest BCUT2D eigenvalue weighted by Crippen LogP contribution is -2.28. The zero-order chi connectivity index (χ0) is 12.3. The summed E-state index contributed by atoms with van der Waals surface area (Å²) in [5.41, 5.74) is 1.55. The molecule has 1 N–H and O–H groups in total. The van der Waals surface area contributed by atoms with Crippen molar-refractivity contribution in [3.63, 3.8) is 0 Å². The molecule has 0 radical (unpaired) electrons. The standard InChI is InChI=1S/C15H25NS/c1-4-12-9-10-17-15(12)14(16-3)13-7-5-11(2)6-8-13/h9-11,13-14,16H,4-8H2,1-3H3. The first-order valence-electron chi connectivity index (χ1n) is 6.99. The second-order valence-corrected chi connectivity index (χ2v) is 6.40. The summed E-state index contributed by atoms with van der Waals surface area (Å²) in [6, 6.07) is 2.90. The second kappa shape index (κ2) is 6.01. The summed E-state index contributed by atoms with van der Waals surface area (Å²) in [5, 5.41) is 5.83. The molecule has 1 atom stereocenters. The summed E-state index contributed by atoms with van der Waals surface area (Å²) >= 11 is 1.94. The average molecular weight is 251 g/mol. The van der Waals surface area contributed by atoms with Crippen molar-refractivity contribution in [2.24, 2.45) is 11.8 Å². The van der Waals surface area contributed by atoms with E-state index in [2.05, 4.69) is 37.7 Å². The van der Waals surface area contributed by atoms with Crippen molar-refractivity contribution in [3.05, 3.63) is 21.9 Å². The maximum Gasteiger partial charge on any atom is 0.0443 e. The van der Waals surface area contributed by atoms with Crippen LogP contribution in [0.25, 0.3) is 0 Å². The van der Waals surface area contributed by atoms with E-state index in [4.69, 9.17) is 0 Å². The maximum absolute atomic E-state index is 3.57. The molecule has 1 aliphatic carbocycles. The Morgan fingerprint density at radius 1 is 1.35 bits per heavy atom. The van der Waals surface area contributed by atoms with Crippen LogP contribution in [0, 0.1) is 11.8 Å². The Hall–Kier alpha value is -0.340. The molecular weight excluding hydrogens is 226 g/mol. The third-order valence-corrected chi connectivity index (χ3v) is 5.33. The molecule has 1 saturated carbocycles. The first kappa shape index (κ1) is 13.1. The van der Waals surface area contributed by atoms with Gasteiger partial charge in [-0.15, -0.1) is 11.3 Å². The predicted octanol–water partition coefficient (Wildman–Crippen LogP) is 4.40. The smallest absolute Gasteiger partial charge is 0.0443 e. The summed E-state index contributed by atoms with van der Waals surface area (Å²) < 4.78 is 0. The highest BCUT2D eigenvalue weighted by molar-refractivity contribution is 7.10. The van der Waals surface area contributed by atoms with Gasteiger partial charge in [0.1, 0.15) is 0 Å². The first-order valence-corrected chi connectivity index (χ1v) is 7.87. The van der Waals surface area contributed by atoms with Gasteiger partial charge in [-0.25, -0.2) is 0 Å². The molecule has 0 saturated heterocycles. The Labute approximate surface area is 110 Å². The molecule has 1 unspecified atom stereocenters. The Morgan fingerprint density at radius 2 is 2.06 bits per heavy atom. The zero-order valence-electron chi connectivity index (χ0n) is 11.3. The third kappa shape index (κ3) is 2.92. The van der Waals surface area contributed by atoms with E-state index in [1.165, 1.54) is 32.1 Å². The van der Waals surface area contributed by atoms with E-state index < -0.39 is 0 Å². The minimum Gasteiger partial charge on any atom is -0.312 e. The van der Waals surface area contributed by atoms with Gasteiger partial charge < -0.3 is 5.32 Å². The zero-order valence-corrected chi connectivity index (χ0v) is 12.1. The Morgan fingerprint density at radius 3 is 2.65 bits per heavy atom. The van der Waals surface area contributed by atoms with Crippen LogP contribution in [0.4, 0.5) is 0 Å². The average Bonchev–Trinajstić information content (AvgIpc) is 2.81. The van der Waals surface area contributed by atoms with Gasteiger partial charge in [0, 0.05) is 10.9 Å². The molecule has 1 fully saturated rings. The topological polar surface area (TPSA) is 12.0 Å². The van der Waals surface area contributed by atoms with Crippen LogP contribution < -0.4 is 5.32 Å². The number of aryl methyl sites for hydroxylation is 1. The molecule has 96 valence electrons. The highest BCUT2D eigenvalue weighted by Crippen LogP contribution is 2.39. The van der Waals surface area contributed by atoms with Crippen molar-refractivity contribution >= 4 is 11.3 Å². The summed E-state index contributed by atoms with van der Waals surface area (Å²) in [7, 11) is 2.13. The molecule has 17 heavy (non-hydrogen) atoms. The quantitative estimate of drug-likeness (QED) is 0.836. The molecule has 0 aromatic carbocycles. The summed E-state index contributed by atoms with van der Waals surface area (Å²) in [6.45, 7) is 4.66. The lowest BCUT2D eigenvalue weighted by Gasteiger charge is -2.32. The van der Waals surface area contributed by atoms with E-state index in [1.54, 1.807) is 10.4 Å². The van der Waals surface area contributed by atoms with Gasteiger partial charge in [0.25, 0.3) is 0 Å². The van der Waals surface area contributed by atoms with Crippen LogP contribution in [0.5, 0.6) is 0 Å². The van der Waals surface area contributed by atoms with E-state index in [0.717, 1.165) is 11.8 Å². The molecule has 0 bridgehead atoms. The Balaban J connectivity index is 2.10. The number of hydrogen-bond donors (Lipinski definition) is 1. The van der Waals surface area contributed by atoms with E-state index >= 15 is 0 Å². The van der Waals surface area contributed by atoms with Crippen LogP contribution in [-0.4, -0.2) is 7.05 Å².